The number of rotatable bonds is 2. The van der Waals surface area contributed by atoms with Gasteiger partial charge in [-0.05, 0) is 0 Å². The van der Waals surface area contributed by atoms with Crippen LogP contribution in [0.4, 0.5) is 0 Å². The summed E-state index contributed by atoms with van der Waals surface area (Å²) in [6.45, 7) is 0. The summed E-state index contributed by atoms with van der Waals surface area (Å²) in [7, 11) is 0. The molecule has 0 heterocycles. The molecule has 0 rings (SSSR count). The second-order valence-corrected chi connectivity index (χ2v) is 9.96. The molecule has 0 fully saturated rings. The van der Waals surface area contributed by atoms with Crippen LogP contribution in [0, 0.1) is 0 Å². The molecule has 11 heteroatoms. The minimum absolute atomic E-state index is 0. The van der Waals surface area contributed by atoms with Gasteiger partial charge in [0.05, 0.1) is 0 Å². The predicted octanol–water partition coefficient (Wildman–Crippen LogP) is -10.6. The van der Waals surface area contributed by atoms with E-state index in [-0.39, 0.29) is 103 Å². The third-order valence-corrected chi connectivity index (χ3v) is 9.29. The molecule has 0 aromatic rings. The summed E-state index contributed by atoms with van der Waals surface area (Å²) < 4.78 is 56.7. The van der Waals surface area contributed by atoms with Gasteiger partial charge < -0.3 is 0 Å². The molecule has 0 saturated heterocycles. The van der Waals surface area contributed by atoms with Crippen LogP contribution in [0.5, 0.6) is 0 Å². The molecule has 0 aliphatic carbocycles. The molecule has 56 valence electrons. The maximum atomic E-state index is 9.59. The third-order valence-electron chi connectivity index (χ3n) is 0.206. The first kappa shape index (κ1) is 20.7. The fourth-order valence-electron chi connectivity index (χ4n) is 0.130. The first-order valence-corrected chi connectivity index (χ1v) is 10.0. The van der Waals surface area contributed by atoms with Crippen molar-refractivity contribution in [2.24, 2.45) is 0 Å². The number of hydrogen-bond acceptors (Lipinski definition) is 5. The normalized spacial score (nSPS) is 20.0. The summed E-state index contributed by atoms with van der Waals surface area (Å²) in [6.07, 6.45) is 0. The van der Waals surface area contributed by atoms with Crippen LogP contribution in [0.3, 0.4) is 0 Å². The molecule has 0 saturated carbocycles. The zero-order valence-corrected chi connectivity index (χ0v) is 17.2. The van der Waals surface area contributed by atoms with Crippen LogP contribution in [-0.4, -0.2) is 46.9 Å². The Kier molecular flexibility index (Phi) is 15.9. The third kappa shape index (κ3) is 20.4. The van der Waals surface area contributed by atoms with E-state index in [1.54, 1.807) is 0 Å². The average Bonchev–Trinajstić information content (AvgIpc) is 1.14. The van der Waals surface area contributed by atoms with Crippen molar-refractivity contribution in [3.8, 4) is 0 Å². The Morgan fingerprint density at radius 2 is 1.18 bits per heavy atom. The standard InChI is InChI=1S/2K.2H2O.5O.2Sb/h;;2*1H2;;;;;;;/q2*+1;;;;;;2*-1;2*+1/p-2. The Hall–Kier alpha value is 4.31. The Balaban J connectivity index is -0.000000320. The van der Waals surface area contributed by atoms with E-state index in [0.717, 1.165) is 0 Å². The summed E-state index contributed by atoms with van der Waals surface area (Å²) in [6, 6.07) is 0. The van der Waals surface area contributed by atoms with Crippen molar-refractivity contribution in [2.75, 3.05) is 0 Å². The Morgan fingerprint density at radius 1 is 1.00 bits per heavy atom. The van der Waals surface area contributed by atoms with Gasteiger partial charge in [-0.3, -0.25) is 0 Å². The molecule has 11 heavy (non-hydrogen) atoms. The summed E-state index contributed by atoms with van der Waals surface area (Å²) in [5, 5.41) is 0. The monoisotopic (exact) mass is 434 g/mol. The molecule has 0 radical (unpaired) electrons. The van der Waals surface area contributed by atoms with E-state index >= 15 is 0 Å². The van der Waals surface area contributed by atoms with Gasteiger partial charge in [-0.25, -0.2) is 0 Å². The van der Waals surface area contributed by atoms with E-state index in [0.29, 0.717) is 0 Å². The van der Waals surface area contributed by atoms with Crippen molar-refractivity contribution in [1.29, 1.82) is 0 Å². The van der Waals surface area contributed by atoms with Gasteiger partial charge in [-0.15, -0.1) is 0 Å². The fraction of sp³-hybridized carbons (Fsp3) is 0. The molecule has 0 bridgehead atoms. The van der Waals surface area contributed by atoms with E-state index < -0.39 is 40.1 Å². The Bertz CT molecular complexity index is 155. The van der Waals surface area contributed by atoms with E-state index in [9.17, 15) is 12.8 Å². The molecule has 0 spiro atoms. The topological polar surface area (TPSA) is 130 Å². The molecule has 7 nitrogen and oxygen atoms in total. The molecule has 0 atom stereocenters. The second-order valence-electron chi connectivity index (χ2n) is 1.02. The van der Waals surface area contributed by atoms with Crippen LogP contribution < -0.4 is 110 Å². The zero-order chi connectivity index (χ0) is 7.71. The quantitative estimate of drug-likeness (QED) is 0.412. The van der Waals surface area contributed by atoms with Crippen molar-refractivity contribution in [2.45, 2.75) is 0 Å². The van der Waals surface area contributed by atoms with Crippen LogP contribution in [-0.2, 0) is 7.33 Å². The van der Waals surface area contributed by atoms with Gasteiger partial charge in [-0.1, -0.05) is 0 Å². The van der Waals surface area contributed by atoms with E-state index in [4.69, 9.17) is 6.77 Å². The minimum atomic E-state index is -6.14. The van der Waals surface area contributed by atoms with Crippen LogP contribution in [0.2, 0.25) is 0 Å². The number of hydrogen-bond donors (Lipinski definition) is 2. The summed E-state index contributed by atoms with van der Waals surface area (Å²) in [5.74, 6) is 0. The first-order chi connectivity index (χ1) is 3.71. The van der Waals surface area contributed by atoms with E-state index in [1.165, 1.54) is 0 Å². The average molecular weight is 436 g/mol. The molecule has 0 aliphatic rings. The molecular weight excluding hydrogens is 434 g/mol. The van der Waals surface area contributed by atoms with E-state index in [2.05, 4.69) is 1.29 Å². The molecule has 2 N–H and O–H groups in total. The van der Waals surface area contributed by atoms with Crippen LogP contribution in [0.15, 0.2) is 0 Å². The van der Waals surface area contributed by atoms with Gasteiger partial charge in [0.1, 0.15) is 0 Å². The van der Waals surface area contributed by atoms with Crippen LogP contribution in [0.25, 0.3) is 0 Å². The molecule has 0 aliphatic heterocycles. The molecule has 0 amide bonds. The molecular formula is H2K2O7Sb2. The SMILES string of the molecule is [K+].[K+].[O]=[Sb]([O-])([OH])[O][Sb](=[O])([O-])[OH]. The zero-order valence-electron chi connectivity index (χ0n) is 5.83. The van der Waals surface area contributed by atoms with E-state index in [1.807, 2.05) is 0 Å². The molecule has 0 aromatic carbocycles. The Labute approximate surface area is 159 Å². The molecule has 0 unspecified atom stereocenters. The van der Waals surface area contributed by atoms with Gasteiger partial charge >= 0.3 is 164 Å². The van der Waals surface area contributed by atoms with Crippen molar-refractivity contribution in [3.05, 3.63) is 0 Å². The van der Waals surface area contributed by atoms with Gasteiger partial charge in [0.25, 0.3) is 0 Å². The summed E-state index contributed by atoms with van der Waals surface area (Å²) in [5.41, 5.74) is 0. The van der Waals surface area contributed by atoms with Gasteiger partial charge in [0.2, 0.25) is 0 Å². The van der Waals surface area contributed by atoms with Crippen LogP contribution >= 0.6 is 0 Å². The Morgan fingerprint density at radius 3 is 1.18 bits per heavy atom. The maximum absolute atomic E-state index is 9.59. The summed E-state index contributed by atoms with van der Waals surface area (Å²) in [4.78, 5) is 0. The van der Waals surface area contributed by atoms with Gasteiger partial charge in [0.15, 0.2) is 0 Å². The van der Waals surface area contributed by atoms with Crippen molar-refractivity contribution in [1.82, 2.24) is 0 Å². The fourth-order valence-corrected chi connectivity index (χ4v) is 5.87. The van der Waals surface area contributed by atoms with Crippen molar-refractivity contribution in [3.63, 3.8) is 0 Å². The molecule has 0 aromatic heterocycles. The van der Waals surface area contributed by atoms with Crippen molar-refractivity contribution < 1.29 is 124 Å². The van der Waals surface area contributed by atoms with Crippen molar-refractivity contribution >= 4 is 40.1 Å². The van der Waals surface area contributed by atoms with Gasteiger partial charge in [-0.2, -0.15) is 0 Å². The second kappa shape index (κ2) is 8.46. The first-order valence-electron chi connectivity index (χ1n) is 1.50. The summed E-state index contributed by atoms with van der Waals surface area (Å²) >= 11 is -12.3. The van der Waals surface area contributed by atoms with Crippen LogP contribution in [0.1, 0.15) is 0 Å². The van der Waals surface area contributed by atoms with Gasteiger partial charge in [0, 0.05) is 0 Å². The predicted molar refractivity (Wildman–Crippen MR) is 18.4 cm³/mol.